The summed E-state index contributed by atoms with van der Waals surface area (Å²) in [6.07, 6.45) is 1.47. The molecule has 1 aliphatic rings. The van der Waals surface area contributed by atoms with Crippen LogP contribution >= 0.6 is 11.6 Å². The molecule has 3 amide bonds. The highest BCUT2D eigenvalue weighted by molar-refractivity contribution is 6.30. The van der Waals surface area contributed by atoms with Crippen molar-refractivity contribution in [3.05, 3.63) is 131 Å². The highest BCUT2D eigenvalue weighted by Crippen LogP contribution is 2.27. The van der Waals surface area contributed by atoms with Crippen LogP contribution in [0.15, 0.2) is 114 Å². The number of hydrogen-bond donors (Lipinski definition) is 3. The number of amides is 3. The van der Waals surface area contributed by atoms with Gasteiger partial charge < -0.3 is 25.2 Å². The minimum Gasteiger partial charge on any atom is -0.445 e. The number of carbonyl (C=O) groups excluding carboxylic acids is 2. The van der Waals surface area contributed by atoms with Crippen LogP contribution in [0.1, 0.15) is 22.7 Å². The van der Waals surface area contributed by atoms with E-state index in [2.05, 4.69) is 16.0 Å². The number of piperazine rings is 1. The van der Waals surface area contributed by atoms with E-state index in [0.29, 0.717) is 42.0 Å². The van der Waals surface area contributed by atoms with E-state index in [1.54, 1.807) is 29.2 Å². The van der Waals surface area contributed by atoms with E-state index < -0.39 is 6.09 Å². The topological polar surface area (TPSA) is 122 Å². The summed E-state index contributed by atoms with van der Waals surface area (Å²) in [5.41, 5.74) is 3.92. The fourth-order valence-corrected chi connectivity index (χ4v) is 5.07. The summed E-state index contributed by atoms with van der Waals surface area (Å²) in [7, 11) is 0. The maximum Gasteiger partial charge on any atom is 0.407 e. The van der Waals surface area contributed by atoms with Gasteiger partial charge in [-0.05, 0) is 53.1 Å². The maximum atomic E-state index is 13.4. The quantitative estimate of drug-likeness (QED) is 0.0948. The van der Waals surface area contributed by atoms with E-state index >= 15 is 0 Å². The van der Waals surface area contributed by atoms with Crippen molar-refractivity contribution in [2.75, 3.05) is 25.0 Å². The molecular formula is C34H32ClN7O3. The molecule has 0 aliphatic carbocycles. The van der Waals surface area contributed by atoms with E-state index in [1.165, 1.54) is 0 Å². The van der Waals surface area contributed by atoms with Crippen LogP contribution in [0.4, 0.5) is 21.0 Å². The largest absolute Gasteiger partial charge is 0.445 e. The third kappa shape index (κ3) is 8.75. The zero-order valence-electron chi connectivity index (χ0n) is 24.4. The van der Waals surface area contributed by atoms with Gasteiger partial charge >= 0.3 is 12.1 Å². The molecule has 228 valence electrons. The Labute approximate surface area is 266 Å². The molecule has 1 aliphatic heterocycles. The molecule has 1 heterocycles. The number of halogens is 1. The summed E-state index contributed by atoms with van der Waals surface area (Å²) in [5, 5.41) is 18.6. The van der Waals surface area contributed by atoms with Gasteiger partial charge in [-0.2, -0.15) is 5.26 Å². The lowest BCUT2D eigenvalue weighted by atomic mass is 10.0. The van der Waals surface area contributed by atoms with Gasteiger partial charge in [0.05, 0.1) is 11.7 Å². The van der Waals surface area contributed by atoms with Crippen molar-refractivity contribution >= 4 is 41.1 Å². The molecule has 4 aromatic carbocycles. The molecule has 11 heteroatoms. The summed E-state index contributed by atoms with van der Waals surface area (Å²) < 4.78 is 5.30. The molecule has 0 aromatic heterocycles. The maximum absolute atomic E-state index is 13.4. The van der Waals surface area contributed by atoms with Gasteiger partial charge in [-0.1, -0.05) is 84.4 Å². The number of alkyl carbamates (subject to hydrolysis) is 1. The molecule has 0 spiro atoms. The Hall–Kier alpha value is -5.53. The summed E-state index contributed by atoms with van der Waals surface area (Å²) >= 11 is 6.01. The normalized spacial score (nSPS) is 14.7. The number of urea groups is 1. The van der Waals surface area contributed by atoms with Crippen molar-refractivity contribution in [3.8, 4) is 6.19 Å². The Morgan fingerprint density at radius 3 is 2.36 bits per heavy atom. The number of benzene rings is 4. The summed E-state index contributed by atoms with van der Waals surface area (Å²) in [6, 6.07) is 33.0. The van der Waals surface area contributed by atoms with Crippen LogP contribution in [-0.4, -0.2) is 47.5 Å². The molecule has 45 heavy (non-hydrogen) atoms. The number of guanidine groups is 1. The number of aliphatic imine (C=N–C) groups is 1. The van der Waals surface area contributed by atoms with Crippen molar-refractivity contribution in [1.29, 1.82) is 5.26 Å². The zero-order chi connectivity index (χ0) is 31.4. The van der Waals surface area contributed by atoms with Crippen LogP contribution in [0.5, 0.6) is 0 Å². The van der Waals surface area contributed by atoms with E-state index in [0.717, 1.165) is 16.7 Å². The van der Waals surface area contributed by atoms with Crippen LogP contribution in [0.2, 0.25) is 5.02 Å². The van der Waals surface area contributed by atoms with Gasteiger partial charge in [0, 0.05) is 36.9 Å². The molecule has 1 saturated heterocycles. The van der Waals surface area contributed by atoms with Crippen LogP contribution in [0.25, 0.3) is 0 Å². The molecule has 0 bridgehead atoms. The van der Waals surface area contributed by atoms with Crippen LogP contribution < -0.4 is 16.0 Å². The first-order chi connectivity index (χ1) is 22.0. The molecule has 0 saturated carbocycles. The number of anilines is 1. The molecule has 4 aromatic rings. The lowest BCUT2D eigenvalue weighted by Crippen LogP contribution is -2.55. The number of nitriles is 1. The first-order valence-corrected chi connectivity index (χ1v) is 14.8. The van der Waals surface area contributed by atoms with Gasteiger partial charge in [0.15, 0.2) is 6.19 Å². The lowest BCUT2D eigenvalue weighted by molar-refractivity contribution is 0.135. The van der Waals surface area contributed by atoms with Gasteiger partial charge in [0.2, 0.25) is 5.96 Å². The number of nitrogens with zero attached hydrogens (tertiary/aromatic N) is 4. The second-order valence-electron chi connectivity index (χ2n) is 10.3. The van der Waals surface area contributed by atoms with Crippen molar-refractivity contribution in [3.63, 3.8) is 0 Å². The van der Waals surface area contributed by atoms with E-state index in [1.807, 2.05) is 96.0 Å². The average Bonchev–Trinajstić information content (AvgIpc) is 3.08. The Morgan fingerprint density at radius 2 is 1.62 bits per heavy atom. The smallest absolute Gasteiger partial charge is 0.407 e. The van der Waals surface area contributed by atoms with Crippen molar-refractivity contribution < 1.29 is 14.3 Å². The third-order valence-corrected chi connectivity index (χ3v) is 7.44. The first-order valence-electron chi connectivity index (χ1n) is 14.4. The van der Waals surface area contributed by atoms with E-state index in [9.17, 15) is 14.9 Å². The van der Waals surface area contributed by atoms with Crippen molar-refractivity contribution in [2.45, 2.75) is 19.2 Å². The number of ether oxygens (including phenoxy) is 1. The van der Waals surface area contributed by atoms with Crippen molar-refractivity contribution in [2.24, 2.45) is 4.99 Å². The zero-order valence-corrected chi connectivity index (χ0v) is 25.2. The van der Waals surface area contributed by atoms with Gasteiger partial charge in [0.25, 0.3) is 0 Å². The number of rotatable bonds is 7. The Bertz CT molecular complexity index is 1660. The fraction of sp³-hybridized carbons (Fsp3) is 0.176. The molecule has 1 fully saturated rings. The molecule has 3 N–H and O–H groups in total. The Morgan fingerprint density at radius 1 is 0.911 bits per heavy atom. The second-order valence-corrected chi connectivity index (χ2v) is 10.7. The summed E-state index contributed by atoms with van der Waals surface area (Å²) in [5.74, 6) is 0.364. The molecule has 5 rings (SSSR count). The molecule has 1 unspecified atom stereocenters. The van der Waals surface area contributed by atoms with E-state index in [-0.39, 0.29) is 25.2 Å². The summed E-state index contributed by atoms with van der Waals surface area (Å²) in [4.78, 5) is 34.1. The van der Waals surface area contributed by atoms with E-state index in [4.69, 9.17) is 21.3 Å². The predicted molar refractivity (Wildman–Crippen MR) is 174 cm³/mol. The van der Waals surface area contributed by atoms with Gasteiger partial charge in [-0.15, -0.1) is 0 Å². The summed E-state index contributed by atoms with van der Waals surface area (Å²) in [6.45, 7) is 1.66. The minimum absolute atomic E-state index is 0.181. The highest BCUT2D eigenvalue weighted by atomic mass is 35.5. The SMILES string of the molecule is N#CNC(=Nc1cccc(CNC(=O)OCc2ccccc2)c1)N1CCN(C(=O)Nc2ccc(Cl)cc2)C(c2ccccc2)C1. The first kappa shape index (κ1) is 30.9. The monoisotopic (exact) mass is 621 g/mol. The van der Waals surface area contributed by atoms with Gasteiger partial charge in [-0.25, -0.2) is 14.6 Å². The lowest BCUT2D eigenvalue weighted by Gasteiger charge is -2.42. The predicted octanol–water partition coefficient (Wildman–Crippen LogP) is 6.42. The number of carbonyl (C=O) groups is 2. The Kier molecular flexibility index (Phi) is 10.5. The Balaban J connectivity index is 1.27. The minimum atomic E-state index is -0.524. The second kappa shape index (κ2) is 15.3. The highest BCUT2D eigenvalue weighted by Gasteiger charge is 2.33. The molecular weight excluding hydrogens is 590 g/mol. The molecule has 0 radical (unpaired) electrons. The van der Waals surface area contributed by atoms with Crippen molar-refractivity contribution in [1.82, 2.24) is 20.4 Å². The fourth-order valence-electron chi connectivity index (χ4n) is 4.94. The standard InChI is InChI=1S/C34H32ClN7O3/c35-28-14-16-29(17-15-28)40-33(43)42-19-18-41(22-31(42)27-11-5-2-6-12-27)32(38-24-36)39-30-13-7-10-26(20-30)21-37-34(44)45-23-25-8-3-1-4-9-25/h1-17,20,31H,18-19,21-23H2,(H,37,44)(H,38,39)(H,40,43). The average molecular weight is 622 g/mol. The molecule has 10 nitrogen and oxygen atoms in total. The molecule has 1 atom stereocenters. The van der Waals surface area contributed by atoms with Crippen LogP contribution in [-0.2, 0) is 17.9 Å². The third-order valence-electron chi connectivity index (χ3n) is 7.18. The van der Waals surface area contributed by atoms with Gasteiger partial charge in [-0.3, -0.25) is 5.32 Å². The van der Waals surface area contributed by atoms with Gasteiger partial charge in [0.1, 0.15) is 6.61 Å². The van der Waals surface area contributed by atoms with Crippen LogP contribution in [0.3, 0.4) is 0 Å². The number of nitrogens with one attached hydrogen (secondary N) is 3. The van der Waals surface area contributed by atoms with Crippen LogP contribution in [0, 0.1) is 11.5 Å². The number of hydrogen-bond acceptors (Lipinski definition) is 5.